The third-order valence-corrected chi connectivity index (χ3v) is 12.1. The van der Waals surface area contributed by atoms with Crippen molar-refractivity contribution < 1.29 is 71.3 Å². The van der Waals surface area contributed by atoms with E-state index in [1.165, 1.54) is 6.07 Å². The van der Waals surface area contributed by atoms with Crippen LogP contribution in [0.4, 0.5) is 22.0 Å². The van der Waals surface area contributed by atoms with Gasteiger partial charge in [0.2, 0.25) is 0 Å². The largest absolute Gasteiger partial charge is 0.453 e. The van der Waals surface area contributed by atoms with Crippen LogP contribution in [0.2, 0.25) is 0 Å². The van der Waals surface area contributed by atoms with Gasteiger partial charge in [-0.3, -0.25) is 13.5 Å². The minimum absolute atomic E-state index is 0.0196. The van der Waals surface area contributed by atoms with Crippen molar-refractivity contribution >= 4 is 99.9 Å². The lowest BCUT2D eigenvalue weighted by Crippen LogP contribution is -2.55. The number of halogens is 8. The van der Waals surface area contributed by atoms with E-state index in [0.717, 1.165) is 0 Å². The molecule has 21 heteroatoms. The first-order chi connectivity index (χ1) is 17.2. The lowest BCUT2D eigenvalue weighted by atomic mass is 9.84. The van der Waals surface area contributed by atoms with Crippen LogP contribution in [0.15, 0.2) is 12.1 Å². The van der Waals surface area contributed by atoms with E-state index in [0.29, 0.717) is 10.7 Å². The Hall–Kier alpha value is -0.220. The highest BCUT2D eigenvalue weighted by atomic mass is 127. The summed E-state index contributed by atoms with van der Waals surface area (Å²) < 4.78 is 144. The van der Waals surface area contributed by atoms with Crippen molar-refractivity contribution in [1.29, 1.82) is 0 Å². The fourth-order valence-corrected chi connectivity index (χ4v) is 8.94. The molecule has 1 aromatic carbocycles. The predicted molar refractivity (Wildman–Crippen MR) is 136 cm³/mol. The molecule has 0 aliphatic carbocycles. The van der Waals surface area contributed by atoms with E-state index in [2.05, 4.69) is 4.74 Å². The third kappa shape index (κ3) is 5.14. The highest BCUT2D eigenvalue weighted by Crippen LogP contribution is 2.52. The molecule has 38 heavy (non-hydrogen) atoms. The number of esters is 2. The van der Waals surface area contributed by atoms with Gasteiger partial charge in [0.15, 0.2) is 6.10 Å². The van der Waals surface area contributed by atoms with E-state index in [1.807, 2.05) is 67.8 Å². The molecule has 7 unspecified atom stereocenters. The number of ether oxygens (including phenoxy) is 3. The van der Waals surface area contributed by atoms with Gasteiger partial charge in [-0.2, -0.15) is 38.8 Å². The highest BCUT2D eigenvalue weighted by molar-refractivity contribution is 14.1. The van der Waals surface area contributed by atoms with Gasteiger partial charge in [0.25, 0.3) is 16.2 Å². The molecule has 11 nitrogen and oxygen atoms in total. The number of hydrogen-bond acceptors (Lipinski definition) is 10. The summed E-state index contributed by atoms with van der Waals surface area (Å²) in [6.45, 7) is 0. The molecule has 3 fully saturated rings. The second-order valence-corrected chi connectivity index (χ2v) is 14.8. The average molecular weight is 930 g/mol. The van der Waals surface area contributed by atoms with E-state index in [1.54, 1.807) is 6.07 Å². The van der Waals surface area contributed by atoms with Crippen molar-refractivity contribution in [3.63, 3.8) is 0 Å². The first-order valence-electron chi connectivity index (χ1n) is 9.73. The summed E-state index contributed by atoms with van der Waals surface area (Å²) in [5, 5.41) is -8.07. The van der Waals surface area contributed by atoms with E-state index in [-0.39, 0.29) is 5.56 Å². The normalized spacial score (nSPS) is 30.8. The van der Waals surface area contributed by atoms with Gasteiger partial charge >= 0.3 is 33.5 Å². The topological polar surface area (TPSA) is 160 Å². The molecule has 7 atom stereocenters. The average Bonchev–Trinajstić information content (AvgIpc) is 3.35. The van der Waals surface area contributed by atoms with Crippen molar-refractivity contribution in [3.05, 3.63) is 28.4 Å². The Morgan fingerprint density at radius 2 is 1.66 bits per heavy atom. The van der Waals surface area contributed by atoms with Gasteiger partial charge in [-0.25, -0.2) is 4.79 Å². The first kappa shape index (κ1) is 30.7. The van der Waals surface area contributed by atoms with Gasteiger partial charge in [-0.1, -0.05) is 0 Å². The molecule has 0 saturated carbocycles. The number of alkyl halides is 5. The Labute approximate surface area is 250 Å². The summed E-state index contributed by atoms with van der Waals surface area (Å²) in [6.07, 6.45) is -17.5. The molecule has 0 radical (unpaired) electrons. The van der Waals surface area contributed by atoms with Gasteiger partial charge in [-0.05, 0) is 79.9 Å². The second-order valence-electron chi connectivity index (χ2n) is 8.12. The number of carbonyl (C=O) groups is 2. The molecule has 212 valence electrons. The fourth-order valence-electron chi connectivity index (χ4n) is 4.28. The van der Waals surface area contributed by atoms with Gasteiger partial charge in [-0.15, -0.1) is 0 Å². The monoisotopic (exact) mass is 930 g/mol. The number of benzene rings is 1. The molecule has 4 rings (SSSR count). The summed E-state index contributed by atoms with van der Waals surface area (Å²) in [7, 11) is -11.5. The van der Waals surface area contributed by atoms with Gasteiger partial charge in [0, 0.05) is 10.7 Å². The van der Waals surface area contributed by atoms with Crippen LogP contribution < -0.4 is 0 Å². The van der Waals surface area contributed by atoms with E-state index in [4.69, 9.17) is 18.2 Å². The first-order valence-corrected chi connectivity index (χ1v) is 15.9. The van der Waals surface area contributed by atoms with Crippen molar-refractivity contribution in [1.82, 2.24) is 0 Å². The number of hydrogen-bond donors (Lipinski definition) is 1. The van der Waals surface area contributed by atoms with Crippen LogP contribution in [-0.4, -0.2) is 80.5 Å². The summed E-state index contributed by atoms with van der Waals surface area (Å²) in [5.74, 6) is -5.56. The molecular formula is C17H10F5I3O11S2. The second kappa shape index (κ2) is 9.95. The quantitative estimate of drug-likeness (QED) is 0.112. The van der Waals surface area contributed by atoms with Crippen LogP contribution >= 0.6 is 67.8 Å². The number of carbonyl (C=O) groups excluding carboxylic acids is 2. The molecule has 3 saturated heterocycles. The highest BCUT2D eigenvalue weighted by Gasteiger charge is 2.75. The van der Waals surface area contributed by atoms with Crippen LogP contribution in [0, 0.1) is 16.6 Å². The lowest BCUT2D eigenvalue weighted by Gasteiger charge is -2.30. The summed E-state index contributed by atoms with van der Waals surface area (Å²) in [6, 6.07) is 3.15. The van der Waals surface area contributed by atoms with Crippen molar-refractivity contribution in [2.24, 2.45) is 5.92 Å². The van der Waals surface area contributed by atoms with Crippen LogP contribution in [0.1, 0.15) is 10.4 Å². The smallest absolute Gasteiger partial charge is 0.432 e. The Balaban J connectivity index is 1.67. The fraction of sp³-hybridized carbons (Fsp3) is 0.529. The maximum Gasteiger partial charge on any atom is 0.432 e. The van der Waals surface area contributed by atoms with Crippen molar-refractivity contribution in [3.8, 4) is 0 Å². The Morgan fingerprint density at radius 3 is 2.21 bits per heavy atom. The van der Waals surface area contributed by atoms with Gasteiger partial charge in [0.1, 0.15) is 29.5 Å². The number of rotatable bonds is 6. The Bertz CT molecular complexity index is 1420. The lowest BCUT2D eigenvalue weighted by molar-refractivity contribution is -0.261. The van der Waals surface area contributed by atoms with Gasteiger partial charge < -0.3 is 14.2 Å². The SMILES string of the molecule is O=C(OC1C2OS(=O)(=O)C3C2OC1C3C(=O)OC(C(F)(F)F)C(F)(F)S(=O)(=O)O)c1cc(I)cc(I)c1I. The molecule has 3 heterocycles. The molecule has 3 aliphatic heterocycles. The van der Waals surface area contributed by atoms with Crippen molar-refractivity contribution in [2.75, 3.05) is 0 Å². The molecule has 3 aliphatic rings. The van der Waals surface area contributed by atoms with E-state index >= 15 is 0 Å². The molecule has 0 spiro atoms. The molecule has 2 bridgehead atoms. The van der Waals surface area contributed by atoms with Crippen LogP contribution in [0.3, 0.4) is 0 Å². The zero-order valence-electron chi connectivity index (χ0n) is 17.6. The Morgan fingerprint density at radius 1 is 1.05 bits per heavy atom. The molecular weight excluding hydrogens is 920 g/mol. The summed E-state index contributed by atoms with van der Waals surface area (Å²) in [5.41, 5.74) is 0.0196. The maximum atomic E-state index is 13.9. The zero-order chi connectivity index (χ0) is 28.7. The molecule has 1 N–H and O–H groups in total. The van der Waals surface area contributed by atoms with E-state index < -0.39 is 85.3 Å². The predicted octanol–water partition coefficient (Wildman–Crippen LogP) is 2.47. The van der Waals surface area contributed by atoms with Crippen molar-refractivity contribution in [2.45, 2.75) is 47.2 Å². The molecule has 0 aromatic heterocycles. The number of fused-ring (bicyclic) bond motifs is 1. The minimum Gasteiger partial charge on any atom is -0.453 e. The third-order valence-electron chi connectivity index (χ3n) is 5.80. The molecule has 0 amide bonds. The van der Waals surface area contributed by atoms with Crippen LogP contribution in [0.5, 0.6) is 0 Å². The van der Waals surface area contributed by atoms with E-state index in [9.17, 15) is 48.4 Å². The standard InChI is InChI=1S/C17H10F5I3O11S2/c18-16(19,20)15(17(21,22)38(30,31)32)35-14(27)6-8-9(10-11(33-8)12(6)37(28,29)36-10)34-13(26)4-1-3(23)2-5(24)7(4)25/h1-2,6,8-12,15H,(H,30,31,32). The summed E-state index contributed by atoms with van der Waals surface area (Å²) >= 11 is 5.67. The van der Waals surface area contributed by atoms with Crippen LogP contribution in [-0.2, 0) is 43.4 Å². The maximum absolute atomic E-state index is 13.9. The summed E-state index contributed by atoms with van der Waals surface area (Å²) in [4.78, 5) is 25.6. The Kier molecular flexibility index (Phi) is 8.05. The minimum atomic E-state index is -6.74. The molecule has 1 aromatic rings. The zero-order valence-corrected chi connectivity index (χ0v) is 25.7. The van der Waals surface area contributed by atoms with Crippen LogP contribution in [0.25, 0.3) is 0 Å². The van der Waals surface area contributed by atoms with Gasteiger partial charge in [0.05, 0.1) is 5.56 Å².